The van der Waals surface area contributed by atoms with Crippen molar-refractivity contribution in [2.24, 2.45) is 0 Å². The van der Waals surface area contributed by atoms with Gasteiger partial charge in [0.05, 0.1) is 12.2 Å². The van der Waals surface area contributed by atoms with E-state index in [2.05, 4.69) is 10.6 Å². The second-order valence-electron chi connectivity index (χ2n) is 5.92. The summed E-state index contributed by atoms with van der Waals surface area (Å²) in [4.78, 5) is 12.3. The number of rotatable bonds is 9. The SMILES string of the molecule is O=C(CNc1cccc(Cl)c1)Nc1ccccc1OCCOc1ccccc1. The van der Waals surface area contributed by atoms with E-state index in [1.165, 1.54) is 0 Å². The van der Waals surface area contributed by atoms with Crippen molar-refractivity contribution in [3.05, 3.63) is 83.9 Å². The highest BCUT2D eigenvalue weighted by Crippen LogP contribution is 2.23. The van der Waals surface area contributed by atoms with Crippen molar-refractivity contribution in [3.63, 3.8) is 0 Å². The van der Waals surface area contributed by atoms with Gasteiger partial charge in [-0.25, -0.2) is 0 Å². The lowest BCUT2D eigenvalue weighted by Gasteiger charge is -2.13. The van der Waals surface area contributed by atoms with E-state index in [9.17, 15) is 4.79 Å². The summed E-state index contributed by atoms with van der Waals surface area (Å²) in [6, 6.07) is 24.1. The van der Waals surface area contributed by atoms with Gasteiger partial charge >= 0.3 is 0 Å². The lowest BCUT2D eigenvalue weighted by Crippen LogP contribution is -2.22. The summed E-state index contributed by atoms with van der Waals surface area (Å²) in [7, 11) is 0. The van der Waals surface area contributed by atoms with Gasteiger partial charge in [0.2, 0.25) is 5.91 Å². The molecule has 0 radical (unpaired) electrons. The van der Waals surface area contributed by atoms with Crippen LogP contribution in [0, 0.1) is 0 Å². The number of hydrogen-bond donors (Lipinski definition) is 2. The molecule has 0 saturated carbocycles. The number of carbonyl (C=O) groups is 1. The lowest BCUT2D eigenvalue weighted by atomic mass is 10.3. The number of para-hydroxylation sites is 3. The van der Waals surface area contributed by atoms with Gasteiger partial charge in [-0.15, -0.1) is 0 Å². The topological polar surface area (TPSA) is 59.6 Å². The molecule has 1 amide bonds. The fraction of sp³-hybridized carbons (Fsp3) is 0.136. The summed E-state index contributed by atoms with van der Waals surface area (Å²) in [5, 5.41) is 6.50. The van der Waals surface area contributed by atoms with E-state index in [4.69, 9.17) is 21.1 Å². The minimum atomic E-state index is -0.184. The van der Waals surface area contributed by atoms with Crippen LogP contribution in [-0.4, -0.2) is 25.7 Å². The maximum atomic E-state index is 12.3. The molecule has 28 heavy (non-hydrogen) atoms. The van der Waals surface area contributed by atoms with E-state index in [0.717, 1.165) is 11.4 Å². The molecule has 0 spiro atoms. The Morgan fingerprint density at radius 3 is 2.43 bits per heavy atom. The van der Waals surface area contributed by atoms with Crippen LogP contribution in [0.25, 0.3) is 0 Å². The van der Waals surface area contributed by atoms with Gasteiger partial charge in [-0.1, -0.05) is 48.0 Å². The largest absolute Gasteiger partial charge is 0.490 e. The fourth-order valence-corrected chi connectivity index (χ4v) is 2.69. The Morgan fingerprint density at radius 1 is 0.857 bits per heavy atom. The Balaban J connectivity index is 1.48. The van der Waals surface area contributed by atoms with E-state index < -0.39 is 0 Å². The van der Waals surface area contributed by atoms with Gasteiger partial charge in [-0.2, -0.15) is 0 Å². The smallest absolute Gasteiger partial charge is 0.243 e. The number of benzene rings is 3. The normalized spacial score (nSPS) is 10.2. The Bertz CT molecular complexity index is 903. The van der Waals surface area contributed by atoms with Gasteiger partial charge in [0.1, 0.15) is 24.7 Å². The Morgan fingerprint density at radius 2 is 1.61 bits per heavy atom. The van der Waals surface area contributed by atoms with E-state index in [1.807, 2.05) is 60.7 Å². The second-order valence-corrected chi connectivity index (χ2v) is 6.35. The quantitative estimate of drug-likeness (QED) is 0.508. The molecule has 3 aromatic carbocycles. The molecule has 0 unspecified atom stereocenters. The van der Waals surface area contributed by atoms with Crippen LogP contribution in [0.1, 0.15) is 0 Å². The summed E-state index contributed by atoms with van der Waals surface area (Å²) in [5.74, 6) is 1.20. The number of ether oxygens (including phenoxy) is 2. The van der Waals surface area contributed by atoms with Gasteiger partial charge < -0.3 is 20.1 Å². The number of amides is 1. The monoisotopic (exact) mass is 396 g/mol. The van der Waals surface area contributed by atoms with Crippen LogP contribution >= 0.6 is 11.6 Å². The van der Waals surface area contributed by atoms with Gasteiger partial charge in [0.15, 0.2) is 0 Å². The molecular formula is C22H21ClN2O3. The molecular weight excluding hydrogens is 376 g/mol. The van der Waals surface area contributed by atoms with Crippen molar-refractivity contribution >= 4 is 28.9 Å². The second kappa shape index (κ2) is 10.2. The minimum absolute atomic E-state index is 0.117. The van der Waals surface area contributed by atoms with Crippen LogP contribution in [0.3, 0.4) is 0 Å². The first-order chi connectivity index (χ1) is 13.7. The van der Waals surface area contributed by atoms with Gasteiger partial charge in [-0.3, -0.25) is 4.79 Å². The number of halogens is 1. The molecule has 144 valence electrons. The van der Waals surface area contributed by atoms with E-state index in [1.54, 1.807) is 18.2 Å². The minimum Gasteiger partial charge on any atom is -0.490 e. The molecule has 0 heterocycles. The van der Waals surface area contributed by atoms with Gasteiger partial charge in [-0.05, 0) is 42.5 Å². The standard InChI is InChI=1S/C22H21ClN2O3/c23-17-7-6-8-18(15-17)24-16-22(26)25-20-11-4-5-12-21(20)28-14-13-27-19-9-2-1-3-10-19/h1-12,15,24H,13-14,16H2,(H,25,26). The molecule has 5 nitrogen and oxygen atoms in total. The van der Waals surface area contributed by atoms with E-state index in [0.29, 0.717) is 29.7 Å². The molecule has 0 aromatic heterocycles. The van der Waals surface area contributed by atoms with Crippen LogP contribution in [0.2, 0.25) is 5.02 Å². The number of hydrogen-bond acceptors (Lipinski definition) is 4. The zero-order chi connectivity index (χ0) is 19.6. The summed E-state index contributed by atoms with van der Waals surface area (Å²) in [6.07, 6.45) is 0. The third kappa shape index (κ3) is 6.21. The molecule has 0 bridgehead atoms. The van der Waals surface area contributed by atoms with Crippen LogP contribution < -0.4 is 20.1 Å². The van der Waals surface area contributed by atoms with Gasteiger partial charge in [0, 0.05) is 10.7 Å². The Kier molecular flexibility index (Phi) is 7.15. The maximum absolute atomic E-state index is 12.3. The molecule has 0 aliphatic carbocycles. The Labute approximate surface area is 169 Å². The third-order valence-corrected chi connectivity index (χ3v) is 4.03. The number of nitrogens with one attached hydrogen (secondary N) is 2. The van der Waals surface area contributed by atoms with Crippen LogP contribution in [-0.2, 0) is 4.79 Å². The molecule has 3 rings (SSSR count). The average Bonchev–Trinajstić information content (AvgIpc) is 2.72. The molecule has 6 heteroatoms. The fourth-order valence-electron chi connectivity index (χ4n) is 2.50. The zero-order valence-electron chi connectivity index (χ0n) is 15.2. The molecule has 0 atom stereocenters. The molecule has 2 N–H and O–H groups in total. The van der Waals surface area contributed by atoms with Crippen molar-refractivity contribution in [1.82, 2.24) is 0 Å². The van der Waals surface area contributed by atoms with E-state index >= 15 is 0 Å². The number of carbonyl (C=O) groups excluding carboxylic acids is 1. The predicted octanol–water partition coefficient (Wildman–Crippen LogP) is 4.85. The van der Waals surface area contributed by atoms with E-state index in [-0.39, 0.29) is 12.5 Å². The first kappa shape index (κ1) is 19.6. The summed E-state index contributed by atoms with van der Waals surface area (Å²) >= 11 is 5.94. The van der Waals surface area contributed by atoms with Crippen molar-refractivity contribution in [2.75, 3.05) is 30.4 Å². The molecule has 0 saturated heterocycles. The van der Waals surface area contributed by atoms with Crippen molar-refractivity contribution < 1.29 is 14.3 Å². The van der Waals surface area contributed by atoms with Crippen LogP contribution in [0.15, 0.2) is 78.9 Å². The predicted molar refractivity (Wildman–Crippen MR) is 112 cm³/mol. The summed E-state index contributed by atoms with van der Waals surface area (Å²) < 4.78 is 11.4. The molecule has 0 aliphatic heterocycles. The van der Waals surface area contributed by atoms with Crippen molar-refractivity contribution in [3.8, 4) is 11.5 Å². The molecule has 0 aliphatic rings. The highest BCUT2D eigenvalue weighted by Gasteiger charge is 2.08. The highest BCUT2D eigenvalue weighted by molar-refractivity contribution is 6.30. The lowest BCUT2D eigenvalue weighted by molar-refractivity contribution is -0.114. The van der Waals surface area contributed by atoms with Crippen LogP contribution in [0.4, 0.5) is 11.4 Å². The van der Waals surface area contributed by atoms with Crippen molar-refractivity contribution in [2.45, 2.75) is 0 Å². The summed E-state index contributed by atoms with van der Waals surface area (Å²) in [5.41, 5.74) is 1.39. The summed E-state index contributed by atoms with van der Waals surface area (Å²) in [6.45, 7) is 0.886. The van der Waals surface area contributed by atoms with Gasteiger partial charge in [0.25, 0.3) is 0 Å². The maximum Gasteiger partial charge on any atom is 0.243 e. The highest BCUT2D eigenvalue weighted by atomic mass is 35.5. The number of anilines is 2. The first-order valence-electron chi connectivity index (χ1n) is 8.90. The molecule has 0 fully saturated rings. The molecule has 3 aromatic rings. The van der Waals surface area contributed by atoms with Crippen LogP contribution in [0.5, 0.6) is 11.5 Å². The average molecular weight is 397 g/mol. The van der Waals surface area contributed by atoms with Crippen molar-refractivity contribution in [1.29, 1.82) is 0 Å². The third-order valence-electron chi connectivity index (χ3n) is 3.79. The Hall–Kier alpha value is -3.18. The zero-order valence-corrected chi connectivity index (χ0v) is 16.0. The first-order valence-corrected chi connectivity index (χ1v) is 9.27.